The van der Waals surface area contributed by atoms with Crippen molar-refractivity contribution >= 4 is 5.91 Å². The number of aromatic nitrogens is 4. The van der Waals surface area contributed by atoms with Gasteiger partial charge in [-0.1, -0.05) is 44.2 Å². The third-order valence-corrected chi connectivity index (χ3v) is 3.51. The van der Waals surface area contributed by atoms with Gasteiger partial charge >= 0.3 is 0 Å². The fraction of sp³-hybridized carbons (Fsp3) is 0.467. The Morgan fingerprint density at radius 1 is 1.32 bits per heavy atom. The van der Waals surface area contributed by atoms with E-state index in [1.165, 1.54) is 11.0 Å². The highest BCUT2D eigenvalue weighted by atomic mass is 16.3. The van der Waals surface area contributed by atoms with Crippen LogP contribution < -0.4 is 5.32 Å². The summed E-state index contributed by atoms with van der Waals surface area (Å²) in [7, 11) is 0. The van der Waals surface area contributed by atoms with Gasteiger partial charge in [0.15, 0.2) is 0 Å². The Morgan fingerprint density at radius 2 is 2.05 bits per heavy atom. The Bertz CT molecular complexity index is 571. The number of hydrogen-bond donors (Lipinski definition) is 2. The van der Waals surface area contributed by atoms with Crippen LogP contribution in [0.5, 0.6) is 0 Å². The van der Waals surface area contributed by atoms with E-state index in [-0.39, 0.29) is 18.4 Å². The Hall–Kier alpha value is -2.28. The van der Waals surface area contributed by atoms with Crippen LogP contribution in [0, 0.1) is 5.92 Å². The van der Waals surface area contributed by atoms with Gasteiger partial charge in [-0.3, -0.25) is 4.79 Å². The lowest BCUT2D eigenvalue weighted by atomic mass is 10.0. The van der Waals surface area contributed by atoms with Gasteiger partial charge < -0.3 is 10.4 Å². The summed E-state index contributed by atoms with van der Waals surface area (Å²) in [6.07, 6.45) is 1.33. The average molecular weight is 303 g/mol. The van der Waals surface area contributed by atoms with E-state index in [9.17, 15) is 9.90 Å². The Balaban J connectivity index is 2.06. The molecule has 0 aliphatic heterocycles. The molecule has 2 aromatic rings. The Morgan fingerprint density at radius 3 is 2.64 bits per heavy atom. The van der Waals surface area contributed by atoms with Gasteiger partial charge in [0.2, 0.25) is 5.91 Å². The highest BCUT2D eigenvalue weighted by Gasteiger charge is 2.23. The maximum atomic E-state index is 12.4. The molecule has 0 saturated carbocycles. The van der Waals surface area contributed by atoms with E-state index in [0.29, 0.717) is 6.42 Å². The van der Waals surface area contributed by atoms with E-state index in [4.69, 9.17) is 0 Å². The first-order valence-corrected chi connectivity index (χ1v) is 7.30. The number of nitrogens with zero attached hydrogens (tertiary/aromatic N) is 4. The molecule has 1 heterocycles. The fourth-order valence-corrected chi connectivity index (χ4v) is 2.01. The third kappa shape index (κ3) is 4.36. The van der Waals surface area contributed by atoms with E-state index in [1.54, 1.807) is 0 Å². The molecule has 1 aromatic heterocycles. The molecule has 0 aliphatic carbocycles. The third-order valence-electron chi connectivity index (χ3n) is 3.51. The number of carbonyl (C=O) groups is 1. The Kier molecular flexibility index (Phi) is 5.60. The van der Waals surface area contributed by atoms with Gasteiger partial charge in [0.1, 0.15) is 12.4 Å². The molecule has 7 nitrogen and oxygen atoms in total. The lowest BCUT2D eigenvalue weighted by Gasteiger charge is -2.19. The van der Waals surface area contributed by atoms with Crippen molar-refractivity contribution in [3.63, 3.8) is 0 Å². The van der Waals surface area contributed by atoms with Crippen LogP contribution in [0.15, 0.2) is 36.7 Å². The zero-order valence-corrected chi connectivity index (χ0v) is 12.8. The van der Waals surface area contributed by atoms with Gasteiger partial charge in [0.25, 0.3) is 0 Å². The molecule has 1 aromatic carbocycles. The second kappa shape index (κ2) is 7.65. The zero-order valence-electron chi connectivity index (χ0n) is 12.8. The zero-order chi connectivity index (χ0) is 15.9. The summed E-state index contributed by atoms with van der Waals surface area (Å²) in [5, 5.41) is 23.6. The van der Waals surface area contributed by atoms with Gasteiger partial charge in [-0.2, -0.15) is 0 Å². The topological polar surface area (TPSA) is 92.9 Å². The van der Waals surface area contributed by atoms with E-state index < -0.39 is 12.1 Å². The first-order valence-electron chi connectivity index (χ1n) is 7.30. The van der Waals surface area contributed by atoms with Gasteiger partial charge in [-0.25, -0.2) is 4.68 Å². The first-order chi connectivity index (χ1) is 10.6. The van der Waals surface area contributed by atoms with Crippen LogP contribution in [-0.2, 0) is 11.2 Å². The molecule has 2 rings (SSSR count). The molecule has 22 heavy (non-hydrogen) atoms. The largest absolute Gasteiger partial charge is 0.391 e. The minimum Gasteiger partial charge on any atom is -0.391 e. The maximum Gasteiger partial charge on any atom is 0.245 e. The number of benzene rings is 1. The minimum absolute atomic E-state index is 0.0842. The molecule has 0 saturated heterocycles. The normalized spacial score (nSPS) is 13.8. The second-order valence-corrected chi connectivity index (χ2v) is 5.55. The van der Waals surface area contributed by atoms with Crippen molar-refractivity contribution in [3.8, 4) is 0 Å². The Labute approximate surface area is 129 Å². The molecule has 7 heteroatoms. The van der Waals surface area contributed by atoms with Crippen molar-refractivity contribution in [3.05, 3.63) is 42.2 Å². The predicted molar refractivity (Wildman–Crippen MR) is 80.9 cm³/mol. The van der Waals surface area contributed by atoms with Crippen molar-refractivity contribution in [1.29, 1.82) is 0 Å². The molecule has 0 fully saturated rings. The molecule has 2 atom stereocenters. The summed E-state index contributed by atoms with van der Waals surface area (Å²) in [5.41, 5.74) is 1.02. The lowest BCUT2D eigenvalue weighted by Crippen LogP contribution is -2.40. The second-order valence-electron chi connectivity index (χ2n) is 5.55. The maximum absolute atomic E-state index is 12.4. The van der Waals surface area contributed by atoms with Crippen LogP contribution in [-0.4, -0.2) is 43.9 Å². The number of amides is 1. The predicted octanol–water partition coefficient (Wildman–Crippen LogP) is 0.590. The monoisotopic (exact) mass is 303 g/mol. The quantitative estimate of drug-likeness (QED) is 0.781. The summed E-state index contributed by atoms with van der Waals surface area (Å²) in [6, 6.07) is 9.13. The van der Waals surface area contributed by atoms with Crippen molar-refractivity contribution in [2.75, 3.05) is 6.54 Å². The van der Waals surface area contributed by atoms with Crippen molar-refractivity contribution in [2.24, 2.45) is 5.92 Å². The van der Waals surface area contributed by atoms with Gasteiger partial charge in [-0.05, 0) is 21.9 Å². The molecule has 0 radical (unpaired) electrons. The summed E-state index contributed by atoms with van der Waals surface area (Å²) in [4.78, 5) is 12.4. The lowest BCUT2D eigenvalue weighted by molar-refractivity contribution is -0.125. The van der Waals surface area contributed by atoms with E-state index in [0.717, 1.165) is 5.56 Å². The number of hydrogen-bond acceptors (Lipinski definition) is 5. The van der Waals surface area contributed by atoms with Gasteiger partial charge in [0, 0.05) is 13.0 Å². The summed E-state index contributed by atoms with van der Waals surface area (Å²) >= 11 is 0. The number of carbonyl (C=O) groups excluding carboxylic acids is 1. The summed E-state index contributed by atoms with van der Waals surface area (Å²) in [6.45, 7) is 4.02. The standard InChI is InChI=1S/C15H21N5O2/c1-11(2)14(21)9-16-15(22)13(20-10-17-18-19-20)8-12-6-4-3-5-7-12/h3-7,10-11,13-14,21H,8-9H2,1-2H3,(H,16,22). The molecule has 0 aliphatic rings. The minimum atomic E-state index is -0.574. The molecular formula is C15H21N5O2. The highest BCUT2D eigenvalue weighted by Crippen LogP contribution is 2.13. The molecular weight excluding hydrogens is 282 g/mol. The number of rotatable bonds is 7. The number of aliphatic hydroxyl groups is 1. The SMILES string of the molecule is CC(C)C(O)CNC(=O)C(Cc1ccccc1)n1cnnn1. The number of tetrazole rings is 1. The van der Waals surface area contributed by atoms with Crippen LogP contribution in [0.4, 0.5) is 0 Å². The van der Waals surface area contributed by atoms with E-state index in [1.807, 2.05) is 44.2 Å². The van der Waals surface area contributed by atoms with Gasteiger partial charge in [-0.15, -0.1) is 5.10 Å². The first kappa shape index (κ1) is 16.1. The highest BCUT2D eigenvalue weighted by molar-refractivity contribution is 5.80. The summed E-state index contributed by atoms with van der Waals surface area (Å²) < 4.78 is 1.43. The number of nitrogens with one attached hydrogen (secondary N) is 1. The molecule has 118 valence electrons. The van der Waals surface area contributed by atoms with Crippen LogP contribution in [0.1, 0.15) is 25.5 Å². The van der Waals surface area contributed by atoms with E-state index in [2.05, 4.69) is 20.8 Å². The van der Waals surface area contributed by atoms with Crippen molar-refractivity contribution in [1.82, 2.24) is 25.5 Å². The van der Waals surface area contributed by atoms with Gasteiger partial charge in [0.05, 0.1) is 6.10 Å². The fourth-order valence-electron chi connectivity index (χ4n) is 2.01. The smallest absolute Gasteiger partial charge is 0.245 e. The molecule has 0 bridgehead atoms. The number of aliphatic hydroxyl groups excluding tert-OH is 1. The van der Waals surface area contributed by atoms with Crippen LogP contribution >= 0.6 is 0 Å². The average Bonchev–Trinajstić information content (AvgIpc) is 3.04. The molecule has 2 unspecified atom stereocenters. The van der Waals surface area contributed by atoms with Crippen molar-refractivity contribution < 1.29 is 9.90 Å². The molecule has 0 spiro atoms. The molecule has 1 amide bonds. The van der Waals surface area contributed by atoms with Crippen molar-refractivity contribution in [2.45, 2.75) is 32.4 Å². The van der Waals surface area contributed by atoms with Crippen LogP contribution in [0.2, 0.25) is 0 Å². The molecule has 2 N–H and O–H groups in total. The van der Waals surface area contributed by atoms with Crippen LogP contribution in [0.25, 0.3) is 0 Å². The van der Waals surface area contributed by atoms with Crippen LogP contribution in [0.3, 0.4) is 0 Å². The van der Waals surface area contributed by atoms with E-state index >= 15 is 0 Å². The summed E-state index contributed by atoms with van der Waals surface area (Å²) in [5.74, 6) is -0.128.